The lowest BCUT2D eigenvalue weighted by Gasteiger charge is -2.20. The maximum atomic E-state index is 6.53. The fourth-order valence-electron chi connectivity index (χ4n) is 7.41. The van der Waals surface area contributed by atoms with Crippen molar-refractivity contribution >= 4 is 54.6 Å². The van der Waals surface area contributed by atoms with E-state index in [-0.39, 0.29) is 5.41 Å². The Bertz CT molecular complexity index is 2600. The quantitative estimate of drug-likeness (QED) is 0.205. The molecule has 5 aromatic carbocycles. The number of aromatic nitrogens is 2. The third kappa shape index (κ3) is 3.37. The van der Waals surface area contributed by atoms with E-state index in [4.69, 9.17) is 18.8 Å². The lowest BCUT2D eigenvalue weighted by molar-refractivity contribution is 0.657. The van der Waals surface area contributed by atoms with Crippen molar-refractivity contribution in [2.45, 2.75) is 19.3 Å². The van der Waals surface area contributed by atoms with Crippen molar-refractivity contribution in [3.63, 3.8) is 0 Å². The van der Waals surface area contributed by atoms with E-state index < -0.39 is 0 Å². The summed E-state index contributed by atoms with van der Waals surface area (Å²) in [4.78, 5) is 9.87. The van der Waals surface area contributed by atoms with Crippen LogP contribution in [0, 0.1) is 0 Å². The van der Waals surface area contributed by atoms with Crippen molar-refractivity contribution in [2.75, 3.05) is 0 Å². The Kier molecular flexibility index (Phi) is 4.76. The van der Waals surface area contributed by atoms with E-state index in [2.05, 4.69) is 98.8 Å². The topological polar surface area (TPSA) is 52.1 Å². The van der Waals surface area contributed by atoms with Crippen LogP contribution >= 0.6 is 0 Å². The highest BCUT2D eigenvalue weighted by molar-refractivity contribution is 6.22. The van der Waals surface area contributed by atoms with E-state index in [1.54, 1.807) is 0 Å². The molecule has 1 aliphatic carbocycles. The molecular formula is C41H26N2O2. The smallest absolute Gasteiger partial charge is 0.147 e. The van der Waals surface area contributed by atoms with E-state index >= 15 is 0 Å². The first-order chi connectivity index (χ1) is 22.0. The van der Waals surface area contributed by atoms with Crippen molar-refractivity contribution in [1.82, 2.24) is 9.97 Å². The Balaban J connectivity index is 1.15. The number of furan rings is 2. The monoisotopic (exact) mass is 578 g/mol. The van der Waals surface area contributed by atoms with Gasteiger partial charge in [-0.05, 0) is 69.9 Å². The molecule has 0 bridgehead atoms. The lowest BCUT2D eigenvalue weighted by Crippen LogP contribution is -2.15. The van der Waals surface area contributed by atoms with Gasteiger partial charge >= 0.3 is 0 Å². The minimum Gasteiger partial charge on any atom is -0.455 e. The molecule has 0 fully saturated rings. The van der Waals surface area contributed by atoms with E-state index in [0.29, 0.717) is 0 Å². The Morgan fingerprint density at radius 2 is 1.16 bits per heavy atom. The first kappa shape index (κ1) is 24.7. The molecule has 9 aromatic rings. The Morgan fingerprint density at radius 3 is 1.87 bits per heavy atom. The average Bonchev–Trinajstić information content (AvgIpc) is 3.71. The van der Waals surface area contributed by atoms with Crippen molar-refractivity contribution < 1.29 is 8.83 Å². The van der Waals surface area contributed by atoms with Gasteiger partial charge in [-0.2, -0.15) is 0 Å². The second-order valence-corrected chi connectivity index (χ2v) is 12.6. The molecule has 4 heterocycles. The fourth-order valence-corrected chi connectivity index (χ4v) is 7.41. The molecule has 0 radical (unpaired) electrons. The molecule has 0 saturated carbocycles. The van der Waals surface area contributed by atoms with Crippen LogP contribution in [0.1, 0.15) is 25.0 Å². The Labute approximate surface area is 258 Å². The van der Waals surface area contributed by atoms with Gasteiger partial charge in [-0.15, -0.1) is 0 Å². The second kappa shape index (κ2) is 8.67. The van der Waals surface area contributed by atoms with Crippen molar-refractivity contribution in [1.29, 1.82) is 0 Å². The molecule has 0 spiro atoms. The number of benzene rings is 5. The Hall–Kier alpha value is -5.74. The van der Waals surface area contributed by atoms with Crippen molar-refractivity contribution in [3.05, 3.63) is 133 Å². The summed E-state index contributed by atoms with van der Waals surface area (Å²) in [6, 6.07) is 40.4. The highest BCUT2D eigenvalue weighted by Gasteiger charge is 2.37. The van der Waals surface area contributed by atoms with E-state index in [9.17, 15) is 0 Å². The number of rotatable bonds is 2. The van der Waals surface area contributed by atoms with Gasteiger partial charge in [-0.1, -0.05) is 86.6 Å². The standard InChI is InChI=1S/C41H26N2O2/c1-41(2)31-10-7-19-42-37(31)38-32(41)17-18-33(43-38)25-15-13-24-21-26(16-14-23(24)20-25)36-39-29(27-8-3-5-11-34(27)44-39)22-30-28-9-4-6-12-35(28)45-40(30)36/h3-22H,1-2H3. The van der Waals surface area contributed by atoms with Crippen LogP contribution in [-0.4, -0.2) is 9.97 Å². The van der Waals surface area contributed by atoms with Gasteiger partial charge < -0.3 is 8.83 Å². The SMILES string of the molecule is CC1(C)c2cccnc2-c2nc(-c3ccc4cc(-c5c6oc7ccccc7c6cc6c5oc5ccccc56)ccc4c3)ccc21. The summed E-state index contributed by atoms with van der Waals surface area (Å²) in [5, 5.41) is 6.69. The summed E-state index contributed by atoms with van der Waals surface area (Å²) >= 11 is 0. The summed E-state index contributed by atoms with van der Waals surface area (Å²) in [6.07, 6.45) is 1.86. The minimum absolute atomic E-state index is 0.113. The molecule has 0 aliphatic heterocycles. The van der Waals surface area contributed by atoms with Crippen LogP contribution in [0.4, 0.5) is 0 Å². The maximum Gasteiger partial charge on any atom is 0.147 e. The molecule has 45 heavy (non-hydrogen) atoms. The van der Waals surface area contributed by atoms with E-state index in [0.717, 1.165) is 88.4 Å². The number of fused-ring (bicyclic) bond motifs is 10. The number of pyridine rings is 2. The van der Waals surface area contributed by atoms with Crippen LogP contribution in [-0.2, 0) is 5.41 Å². The van der Waals surface area contributed by atoms with Crippen LogP contribution < -0.4 is 0 Å². The summed E-state index contributed by atoms with van der Waals surface area (Å²) < 4.78 is 13.1. The first-order valence-electron chi connectivity index (χ1n) is 15.3. The normalized spacial score (nSPS) is 13.7. The van der Waals surface area contributed by atoms with Gasteiger partial charge in [0.05, 0.1) is 22.6 Å². The van der Waals surface area contributed by atoms with Gasteiger partial charge in [0, 0.05) is 38.7 Å². The maximum absolute atomic E-state index is 6.53. The molecule has 0 amide bonds. The van der Waals surface area contributed by atoms with Crippen LogP contribution in [0.5, 0.6) is 0 Å². The molecule has 0 saturated heterocycles. The van der Waals surface area contributed by atoms with Gasteiger partial charge in [-0.3, -0.25) is 4.98 Å². The van der Waals surface area contributed by atoms with Crippen LogP contribution in [0.2, 0.25) is 0 Å². The molecule has 0 unspecified atom stereocenters. The summed E-state index contributed by atoms with van der Waals surface area (Å²) in [6.45, 7) is 4.50. The molecule has 4 aromatic heterocycles. The zero-order chi connectivity index (χ0) is 29.9. The highest BCUT2D eigenvalue weighted by Crippen LogP contribution is 2.48. The predicted octanol–water partition coefficient (Wildman–Crippen LogP) is 11.1. The average molecular weight is 579 g/mol. The zero-order valence-corrected chi connectivity index (χ0v) is 24.8. The highest BCUT2D eigenvalue weighted by atomic mass is 16.3. The second-order valence-electron chi connectivity index (χ2n) is 12.6. The van der Waals surface area contributed by atoms with Crippen LogP contribution in [0.15, 0.2) is 130 Å². The zero-order valence-electron chi connectivity index (χ0n) is 24.8. The predicted molar refractivity (Wildman–Crippen MR) is 183 cm³/mol. The van der Waals surface area contributed by atoms with Crippen LogP contribution in [0.3, 0.4) is 0 Å². The number of hydrogen-bond acceptors (Lipinski definition) is 4. The molecule has 4 heteroatoms. The number of nitrogens with zero attached hydrogens (tertiary/aromatic N) is 2. The summed E-state index contributed by atoms with van der Waals surface area (Å²) in [7, 11) is 0. The number of para-hydroxylation sites is 2. The van der Waals surface area contributed by atoms with Crippen LogP contribution in [0.25, 0.3) is 88.4 Å². The largest absolute Gasteiger partial charge is 0.455 e. The molecule has 212 valence electrons. The van der Waals surface area contributed by atoms with Gasteiger partial charge in [0.1, 0.15) is 22.3 Å². The summed E-state index contributed by atoms with van der Waals surface area (Å²) in [5.41, 5.74) is 11.8. The van der Waals surface area contributed by atoms with E-state index in [1.807, 2.05) is 36.5 Å². The summed E-state index contributed by atoms with van der Waals surface area (Å²) in [5.74, 6) is 0. The van der Waals surface area contributed by atoms with Crippen molar-refractivity contribution in [2.24, 2.45) is 0 Å². The van der Waals surface area contributed by atoms with Gasteiger partial charge in [-0.25, -0.2) is 4.98 Å². The van der Waals surface area contributed by atoms with E-state index in [1.165, 1.54) is 11.1 Å². The minimum atomic E-state index is -0.113. The molecule has 10 rings (SSSR count). The molecule has 0 atom stereocenters. The van der Waals surface area contributed by atoms with Gasteiger partial charge in [0.25, 0.3) is 0 Å². The fraction of sp³-hybridized carbons (Fsp3) is 0.0732. The van der Waals surface area contributed by atoms with Gasteiger partial charge in [0.2, 0.25) is 0 Å². The third-order valence-electron chi connectivity index (χ3n) is 9.71. The Morgan fingerprint density at radius 1 is 0.533 bits per heavy atom. The molecule has 1 aliphatic rings. The van der Waals surface area contributed by atoms with Crippen molar-refractivity contribution in [3.8, 4) is 33.8 Å². The first-order valence-corrected chi connectivity index (χ1v) is 15.3. The molecule has 4 nitrogen and oxygen atoms in total. The lowest BCUT2D eigenvalue weighted by atomic mass is 9.83. The number of hydrogen-bond donors (Lipinski definition) is 0. The third-order valence-corrected chi connectivity index (χ3v) is 9.71. The molecule has 0 N–H and O–H groups in total. The van der Waals surface area contributed by atoms with Gasteiger partial charge in [0.15, 0.2) is 0 Å². The molecular weight excluding hydrogens is 552 g/mol.